The van der Waals surface area contributed by atoms with E-state index in [1.54, 1.807) is 6.33 Å². The molecule has 1 aromatic rings. The number of aromatic nitrogens is 3. The Kier molecular flexibility index (Phi) is 1.89. The smallest absolute Gasteiger partial charge is 0.138 e. The zero-order valence-corrected chi connectivity index (χ0v) is 9.19. The van der Waals surface area contributed by atoms with E-state index >= 15 is 0 Å². The first kappa shape index (κ1) is 9.33. The van der Waals surface area contributed by atoms with Gasteiger partial charge in [0.15, 0.2) is 0 Å². The Bertz CT molecular complexity index is 372. The predicted octanol–water partition coefficient (Wildman–Crippen LogP) is 0.875. The van der Waals surface area contributed by atoms with Gasteiger partial charge in [-0.25, -0.2) is 4.98 Å². The van der Waals surface area contributed by atoms with Gasteiger partial charge >= 0.3 is 0 Å². The summed E-state index contributed by atoms with van der Waals surface area (Å²) in [5, 5.41) is 4.10. The third kappa shape index (κ3) is 1.39. The summed E-state index contributed by atoms with van der Waals surface area (Å²) in [5.74, 6) is 2.64. The second-order valence-electron chi connectivity index (χ2n) is 5.29. The quantitative estimate of drug-likeness (QED) is 0.781. The molecule has 2 fully saturated rings. The zero-order chi connectivity index (χ0) is 10.5. The van der Waals surface area contributed by atoms with Crippen LogP contribution in [0.15, 0.2) is 6.33 Å². The lowest BCUT2D eigenvalue weighted by Crippen LogP contribution is -2.47. The Labute approximate surface area is 89.9 Å². The Morgan fingerprint density at radius 3 is 3.00 bits per heavy atom. The van der Waals surface area contributed by atoms with E-state index in [2.05, 4.69) is 10.1 Å². The third-order valence-corrected chi connectivity index (χ3v) is 4.32. The van der Waals surface area contributed by atoms with Gasteiger partial charge < -0.3 is 5.73 Å². The van der Waals surface area contributed by atoms with Crippen LogP contribution >= 0.6 is 0 Å². The van der Waals surface area contributed by atoms with Crippen LogP contribution in [0.4, 0.5) is 0 Å². The maximum absolute atomic E-state index is 6.52. The van der Waals surface area contributed by atoms with E-state index in [-0.39, 0.29) is 5.54 Å². The number of hydrogen-bond donors (Lipinski definition) is 1. The first-order valence-corrected chi connectivity index (χ1v) is 5.79. The van der Waals surface area contributed by atoms with Crippen LogP contribution < -0.4 is 5.73 Å². The molecule has 2 bridgehead atoms. The Morgan fingerprint density at radius 2 is 2.47 bits per heavy atom. The van der Waals surface area contributed by atoms with Gasteiger partial charge in [0, 0.05) is 19.0 Å². The van der Waals surface area contributed by atoms with E-state index in [4.69, 9.17) is 5.73 Å². The predicted molar refractivity (Wildman–Crippen MR) is 57.1 cm³/mol. The Morgan fingerprint density at radius 1 is 1.60 bits per heavy atom. The lowest BCUT2D eigenvalue weighted by Gasteiger charge is -2.33. The van der Waals surface area contributed by atoms with E-state index in [1.807, 2.05) is 11.7 Å². The topological polar surface area (TPSA) is 56.7 Å². The fraction of sp³-hybridized carbons (Fsp3) is 0.818. The molecular formula is C11H18N4. The van der Waals surface area contributed by atoms with E-state index in [1.165, 1.54) is 25.7 Å². The van der Waals surface area contributed by atoms with Crippen LogP contribution in [0.1, 0.15) is 31.5 Å². The highest BCUT2D eigenvalue weighted by Crippen LogP contribution is 2.50. The number of fused-ring (bicyclic) bond motifs is 2. The van der Waals surface area contributed by atoms with Crippen LogP contribution in [-0.2, 0) is 13.5 Å². The van der Waals surface area contributed by atoms with Gasteiger partial charge in [-0.1, -0.05) is 6.42 Å². The molecular weight excluding hydrogens is 188 g/mol. The first-order chi connectivity index (χ1) is 7.17. The fourth-order valence-corrected chi connectivity index (χ4v) is 3.48. The van der Waals surface area contributed by atoms with Crippen molar-refractivity contribution in [1.29, 1.82) is 0 Å². The standard InChI is InChI=1S/C11H18N4/c1-15-10(13-7-14-15)6-11(12)5-8-2-3-9(11)4-8/h7-9H,2-6,12H2,1H3. The monoisotopic (exact) mass is 206 g/mol. The third-order valence-electron chi connectivity index (χ3n) is 4.32. The van der Waals surface area contributed by atoms with Crippen LogP contribution in [0.25, 0.3) is 0 Å². The largest absolute Gasteiger partial charge is 0.324 e. The van der Waals surface area contributed by atoms with Crippen LogP contribution in [0.2, 0.25) is 0 Å². The highest BCUT2D eigenvalue weighted by atomic mass is 15.3. The van der Waals surface area contributed by atoms with Gasteiger partial charge in [0.05, 0.1) is 0 Å². The van der Waals surface area contributed by atoms with Crippen molar-refractivity contribution in [1.82, 2.24) is 14.8 Å². The average Bonchev–Trinajstić information content (AvgIpc) is 2.83. The molecule has 3 rings (SSSR count). The van der Waals surface area contributed by atoms with Gasteiger partial charge in [-0.2, -0.15) is 5.10 Å². The van der Waals surface area contributed by atoms with Gasteiger partial charge in [-0.3, -0.25) is 4.68 Å². The maximum atomic E-state index is 6.52. The Balaban J connectivity index is 1.81. The molecule has 2 saturated carbocycles. The number of nitrogens with two attached hydrogens (primary N) is 1. The molecule has 15 heavy (non-hydrogen) atoms. The molecule has 0 radical (unpaired) electrons. The normalized spacial score (nSPS) is 38.8. The molecule has 2 N–H and O–H groups in total. The zero-order valence-electron chi connectivity index (χ0n) is 9.19. The minimum absolute atomic E-state index is 0.00368. The van der Waals surface area contributed by atoms with Gasteiger partial charge in [0.1, 0.15) is 12.2 Å². The summed E-state index contributed by atoms with van der Waals surface area (Å²) in [6.07, 6.45) is 7.75. The van der Waals surface area contributed by atoms with Crippen molar-refractivity contribution in [3.63, 3.8) is 0 Å². The molecule has 1 aromatic heterocycles. The highest BCUT2D eigenvalue weighted by molar-refractivity contribution is 5.09. The minimum Gasteiger partial charge on any atom is -0.324 e. The second-order valence-corrected chi connectivity index (χ2v) is 5.29. The lowest BCUT2D eigenvalue weighted by atomic mass is 9.79. The summed E-state index contributed by atoms with van der Waals surface area (Å²) in [4.78, 5) is 4.28. The maximum Gasteiger partial charge on any atom is 0.138 e. The molecule has 0 amide bonds. The number of nitrogens with zero attached hydrogens (tertiary/aromatic N) is 3. The molecule has 2 aliphatic carbocycles. The molecule has 0 aromatic carbocycles. The van der Waals surface area contributed by atoms with Crippen molar-refractivity contribution in [3.05, 3.63) is 12.2 Å². The molecule has 1 heterocycles. The minimum atomic E-state index is 0.00368. The summed E-state index contributed by atoms with van der Waals surface area (Å²) in [5.41, 5.74) is 6.53. The second kappa shape index (κ2) is 3.04. The summed E-state index contributed by atoms with van der Waals surface area (Å²) in [6.45, 7) is 0. The van der Waals surface area contributed by atoms with E-state index in [9.17, 15) is 0 Å². The molecule has 3 atom stereocenters. The van der Waals surface area contributed by atoms with Crippen molar-refractivity contribution in [3.8, 4) is 0 Å². The number of rotatable bonds is 2. The summed E-state index contributed by atoms with van der Waals surface area (Å²) in [7, 11) is 1.94. The van der Waals surface area contributed by atoms with Crippen LogP contribution in [0.3, 0.4) is 0 Å². The van der Waals surface area contributed by atoms with Gasteiger partial charge in [0.2, 0.25) is 0 Å². The molecule has 0 spiro atoms. The van der Waals surface area contributed by atoms with Crippen LogP contribution in [-0.4, -0.2) is 20.3 Å². The molecule has 3 unspecified atom stereocenters. The molecule has 4 heteroatoms. The molecule has 0 aliphatic heterocycles. The fourth-order valence-electron chi connectivity index (χ4n) is 3.48. The highest BCUT2D eigenvalue weighted by Gasteiger charge is 2.48. The van der Waals surface area contributed by atoms with Crippen molar-refractivity contribution in [2.75, 3.05) is 0 Å². The molecule has 4 nitrogen and oxygen atoms in total. The molecule has 2 aliphatic rings. The van der Waals surface area contributed by atoms with Crippen molar-refractivity contribution < 1.29 is 0 Å². The van der Waals surface area contributed by atoms with Gasteiger partial charge in [-0.15, -0.1) is 0 Å². The van der Waals surface area contributed by atoms with Crippen LogP contribution in [0, 0.1) is 11.8 Å². The van der Waals surface area contributed by atoms with Crippen molar-refractivity contribution in [2.45, 2.75) is 37.6 Å². The molecule has 82 valence electrons. The van der Waals surface area contributed by atoms with E-state index in [0.29, 0.717) is 0 Å². The van der Waals surface area contributed by atoms with Crippen LogP contribution in [0.5, 0.6) is 0 Å². The summed E-state index contributed by atoms with van der Waals surface area (Å²) < 4.78 is 1.85. The van der Waals surface area contributed by atoms with Gasteiger partial charge in [0.25, 0.3) is 0 Å². The number of hydrogen-bond acceptors (Lipinski definition) is 3. The Hall–Kier alpha value is -0.900. The number of aryl methyl sites for hydroxylation is 1. The first-order valence-electron chi connectivity index (χ1n) is 5.79. The summed E-state index contributed by atoms with van der Waals surface area (Å²) in [6, 6.07) is 0. The molecule has 0 saturated heterocycles. The van der Waals surface area contributed by atoms with E-state index in [0.717, 1.165) is 24.1 Å². The van der Waals surface area contributed by atoms with E-state index < -0.39 is 0 Å². The van der Waals surface area contributed by atoms with Crippen molar-refractivity contribution >= 4 is 0 Å². The van der Waals surface area contributed by atoms with Gasteiger partial charge in [-0.05, 0) is 31.1 Å². The lowest BCUT2D eigenvalue weighted by molar-refractivity contribution is 0.263. The SMILES string of the molecule is Cn1ncnc1CC1(N)CC2CCC1C2. The average molecular weight is 206 g/mol. The summed E-state index contributed by atoms with van der Waals surface area (Å²) >= 11 is 0. The van der Waals surface area contributed by atoms with Crippen molar-refractivity contribution in [2.24, 2.45) is 24.6 Å².